The van der Waals surface area contributed by atoms with Crippen LogP contribution in [0, 0.1) is 5.92 Å². The summed E-state index contributed by atoms with van der Waals surface area (Å²) < 4.78 is 0. The van der Waals surface area contributed by atoms with Gasteiger partial charge >= 0.3 is 0 Å². The lowest BCUT2D eigenvalue weighted by Gasteiger charge is -2.26. The number of hydrogen-bond acceptors (Lipinski definition) is 6. The average Bonchev–Trinajstić information content (AvgIpc) is 3.21. The molecule has 0 bridgehead atoms. The van der Waals surface area contributed by atoms with Gasteiger partial charge in [0.15, 0.2) is 0 Å². The van der Waals surface area contributed by atoms with E-state index in [1.54, 1.807) is 11.3 Å². The minimum Gasteiger partial charge on any atom is -0.350 e. The Labute approximate surface area is 181 Å². The molecule has 1 atom stereocenters. The highest BCUT2D eigenvalue weighted by atomic mass is 32.1. The van der Waals surface area contributed by atoms with Crippen LogP contribution in [0.3, 0.4) is 0 Å². The molecule has 7 heteroatoms. The van der Waals surface area contributed by atoms with Gasteiger partial charge in [0.25, 0.3) is 5.91 Å². The molecule has 0 aliphatic carbocycles. The largest absolute Gasteiger partial charge is 0.350 e. The van der Waals surface area contributed by atoms with Gasteiger partial charge in [-0.05, 0) is 23.3 Å². The highest BCUT2D eigenvalue weighted by Crippen LogP contribution is 2.27. The topological polar surface area (TPSA) is 69.1 Å². The number of allylic oxidation sites excluding steroid dienone is 1. The van der Waals surface area contributed by atoms with E-state index in [1.807, 2.05) is 35.4 Å². The maximum atomic E-state index is 12.9. The van der Waals surface area contributed by atoms with Gasteiger partial charge in [-0.1, -0.05) is 43.3 Å². The zero-order valence-corrected chi connectivity index (χ0v) is 18.0. The van der Waals surface area contributed by atoms with Crippen molar-refractivity contribution >= 4 is 35.5 Å². The molecule has 1 saturated heterocycles. The standard InChI is InChI=1S/C23H27N5OS/c1-17-7-8-20-19(13-21(30-20)22(29)28-11-9-24-10-12-28)16-27-23(25-14-17)26-15-18-5-3-2-4-6-18/h2-8,13-14,17,24H,9-12,15-16H2,1H3,(H,26,27)/b8-7-,25-14?. The number of aliphatic imine (C=N–C) groups is 2. The Morgan fingerprint density at radius 3 is 2.87 bits per heavy atom. The van der Waals surface area contributed by atoms with Crippen LogP contribution in [-0.4, -0.2) is 49.2 Å². The number of piperazine rings is 1. The van der Waals surface area contributed by atoms with Crippen LogP contribution in [0.2, 0.25) is 0 Å². The predicted molar refractivity (Wildman–Crippen MR) is 124 cm³/mol. The van der Waals surface area contributed by atoms with Crippen LogP contribution in [0.15, 0.2) is 52.5 Å². The minimum absolute atomic E-state index is 0.118. The molecule has 0 saturated carbocycles. The third-order valence-electron chi connectivity index (χ3n) is 5.13. The number of thiophene rings is 1. The van der Waals surface area contributed by atoms with Crippen molar-refractivity contribution in [3.63, 3.8) is 0 Å². The van der Waals surface area contributed by atoms with Crippen molar-refractivity contribution in [1.82, 2.24) is 15.5 Å². The smallest absolute Gasteiger partial charge is 0.264 e. The zero-order valence-electron chi connectivity index (χ0n) is 17.2. The van der Waals surface area contributed by atoms with Crippen LogP contribution in [0.25, 0.3) is 6.08 Å². The summed E-state index contributed by atoms with van der Waals surface area (Å²) in [6.45, 7) is 6.48. The van der Waals surface area contributed by atoms with Crippen LogP contribution < -0.4 is 10.6 Å². The molecule has 2 aromatic rings. The Morgan fingerprint density at radius 1 is 1.27 bits per heavy atom. The number of benzene rings is 1. The molecule has 1 amide bonds. The third-order valence-corrected chi connectivity index (χ3v) is 6.26. The molecule has 2 N–H and O–H groups in total. The molecule has 1 aromatic carbocycles. The van der Waals surface area contributed by atoms with Crippen molar-refractivity contribution in [3.8, 4) is 0 Å². The molecule has 4 rings (SSSR count). The SMILES string of the molecule is CC1C=NC(NCc2ccccc2)=NCc2cc(C(=O)N3CCNCC3)sc2/C=C\1. The Bertz CT molecular complexity index is 957. The van der Waals surface area contributed by atoms with Gasteiger partial charge < -0.3 is 15.5 Å². The van der Waals surface area contributed by atoms with Crippen LogP contribution in [0.1, 0.15) is 32.6 Å². The van der Waals surface area contributed by atoms with Crippen molar-refractivity contribution in [3.05, 3.63) is 63.4 Å². The molecule has 156 valence electrons. The molecule has 2 aliphatic heterocycles. The lowest BCUT2D eigenvalue weighted by atomic mass is 10.1. The van der Waals surface area contributed by atoms with E-state index in [0.717, 1.165) is 41.5 Å². The van der Waals surface area contributed by atoms with Gasteiger partial charge in [0.2, 0.25) is 5.96 Å². The molecule has 0 radical (unpaired) electrons. The van der Waals surface area contributed by atoms with E-state index in [-0.39, 0.29) is 11.8 Å². The van der Waals surface area contributed by atoms with Gasteiger partial charge in [-0.3, -0.25) is 4.79 Å². The van der Waals surface area contributed by atoms with Gasteiger partial charge in [0.05, 0.1) is 11.4 Å². The summed E-state index contributed by atoms with van der Waals surface area (Å²) in [6, 6.07) is 12.2. The summed E-state index contributed by atoms with van der Waals surface area (Å²) in [4.78, 5) is 26.0. The Morgan fingerprint density at radius 2 is 2.07 bits per heavy atom. The minimum atomic E-state index is 0.118. The van der Waals surface area contributed by atoms with Gasteiger partial charge in [-0.15, -0.1) is 11.3 Å². The molecule has 30 heavy (non-hydrogen) atoms. The first kappa shape index (κ1) is 20.5. The summed E-state index contributed by atoms with van der Waals surface area (Å²) in [5.74, 6) is 0.912. The van der Waals surface area contributed by atoms with Gasteiger partial charge in [0.1, 0.15) is 0 Å². The Balaban J connectivity index is 1.53. The van der Waals surface area contributed by atoms with Crippen molar-refractivity contribution in [2.45, 2.75) is 20.0 Å². The second-order valence-corrected chi connectivity index (χ2v) is 8.60. The normalized spacial score (nSPS) is 20.2. The van der Waals surface area contributed by atoms with Crippen molar-refractivity contribution < 1.29 is 4.79 Å². The van der Waals surface area contributed by atoms with Crippen LogP contribution in [-0.2, 0) is 13.1 Å². The lowest BCUT2D eigenvalue weighted by molar-refractivity contribution is 0.0740. The van der Waals surface area contributed by atoms with Gasteiger partial charge in [-0.25, -0.2) is 9.98 Å². The van der Waals surface area contributed by atoms with E-state index in [4.69, 9.17) is 4.99 Å². The summed E-state index contributed by atoms with van der Waals surface area (Å²) in [5, 5.41) is 6.63. The maximum Gasteiger partial charge on any atom is 0.264 e. The van der Waals surface area contributed by atoms with Crippen molar-refractivity contribution in [2.75, 3.05) is 26.2 Å². The lowest BCUT2D eigenvalue weighted by Crippen LogP contribution is -2.46. The van der Waals surface area contributed by atoms with E-state index in [2.05, 4.69) is 46.8 Å². The van der Waals surface area contributed by atoms with E-state index in [0.29, 0.717) is 19.0 Å². The van der Waals surface area contributed by atoms with E-state index in [1.165, 1.54) is 5.56 Å². The number of guanidine groups is 1. The fraction of sp³-hybridized carbons (Fsp3) is 0.348. The second-order valence-electron chi connectivity index (χ2n) is 7.52. The van der Waals surface area contributed by atoms with Crippen LogP contribution in [0.4, 0.5) is 0 Å². The molecular formula is C23H27N5OS. The summed E-state index contributed by atoms with van der Waals surface area (Å²) in [6.07, 6.45) is 6.12. The highest BCUT2D eigenvalue weighted by Gasteiger charge is 2.21. The number of fused-ring (bicyclic) bond motifs is 1. The zero-order chi connectivity index (χ0) is 20.8. The first-order valence-corrected chi connectivity index (χ1v) is 11.2. The number of carbonyl (C=O) groups excluding carboxylic acids is 1. The molecular weight excluding hydrogens is 394 g/mol. The molecule has 1 aromatic heterocycles. The summed E-state index contributed by atoms with van der Waals surface area (Å²) in [5.41, 5.74) is 2.25. The summed E-state index contributed by atoms with van der Waals surface area (Å²) >= 11 is 1.56. The molecule has 6 nitrogen and oxygen atoms in total. The predicted octanol–water partition coefficient (Wildman–Crippen LogP) is 3.17. The first-order valence-electron chi connectivity index (χ1n) is 10.4. The Hall–Kier alpha value is -2.77. The number of hydrogen-bond donors (Lipinski definition) is 2. The monoisotopic (exact) mass is 421 g/mol. The van der Waals surface area contributed by atoms with Crippen molar-refractivity contribution in [1.29, 1.82) is 0 Å². The van der Waals surface area contributed by atoms with Crippen molar-refractivity contribution in [2.24, 2.45) is 15.9 Å². The molecule has 3 heterocycles. The first-order chi connectivity index (χ1) is 14.7. The molecule has 0 spiro atoms. The second kappa shape index (κ2) is 9.82. The number of carbonyl (C=O) groups is 1. The van der Waals surface area contributed by atoms with Crippen LogP contribution >= 0.6 is 11.3 Å². The molecule has 1 unspecified atom stereocenters. The van der Waals surface area contributed by atoms with E-state index >= 15 is 0 Å². The van der Waals surface area contributed by atoms with E-state index in [9.17, 15) is 4.79 Å². The number of nitrogens with one attached hydrogen (secondary N) is 2. The fourth-order valence-electron chi connectivity index (χ4n) is 3.39. The quantitative estimate of drug-likeness (QED) is 0.800. The maximum absolute atomic E-state index is 12.9. The van der Waals surface area contributed by atoms with E-state index < -0.39 is 0 Å². The summed E-state index contributed by atoms with van der Waals surface area (Å²) in [7, 11) is 0. The van der Waals surface area contributed by atoms with Gasteiger partial charge in [0, 0.05) is 49.7 Å². The average molecular weight is 422 g/mol. The van der Waals surface area contributed by atoms with Crippen LogP contribution in [0.5, 0.6) is 0 Å². The number of amides is 1. The number of rotatable bonds is 3. The Kier molecular flexibility index (Phi) is 6.71. The number of nitrogens with zero attached hydrogens (tertiary/aromatic N) is 3. The molecule has 1 fully saturated rings. The van der Waals surface area contributed by atoms with Gasteiger partial charge in [-0.2, -0.15) is 0 Å². The fourth-order valence-corrected chi connectivity index (χ4v) is 4.45. The third kappa shape index (κ3) is 5.23. The molecule has 2 aliphatic rings. The highest BCUT2D eigenvalue weighted by molar-refractivity contribution is 7.15.